The fourth-order valence-electron chi connectivity index (χ4n) is 10.8. The third-order valence-corrected chi connectivity index (χ3v) is 15.5. The Hall–Kier alpha value is -6.93. The molecule has 2 aliphatic carbocycles. The average Bonchev–Trinajstić information content (AvgIpc) is 4.10. The number of rotatable bonds is 15. The number of alkyl halides is 12. The van der Waals surface area contributed by atoms with Crippen molar-refractivity contribution in [1.29, 1.82) is 5.26 Å². The molecule has 0 spiro atoms. The second kappa shape index (κ2) is 23.8. The molecule has 23 heteroatoms. The highest BCUT2D eigenvalue weighted by atomic mass is 19.4. The van der Waals surface area contributed by atoms with Gasteiger partial charge in [-0.2, -0.15) is 68.1 Å². The lowest BCUT2D eigenvalue weighted by molar-refractivity contribution is -0.145. The van der Waals surface area contributed by atoms with Crippen LogP contribution in [0, 0.1) is 11.3 Å². The molecule has 0 radical (unpaired) electrons. The first-order valence-electron chi connectivity index (χ1n) is 24.8. The molecule has 2 fully saturated rings. The SMILES string of the molecule is C.C=CCC1(n2cn[nH]c2=O)CCC(CO[C@H](C)c2cc(C(F)(F)F)cc(C(F)(F)F)c2)(c2ccccc2)CC1.C[C@@H](OCC1(c2ccccc2)CCC(CC#N)(n2cn[nH]c2=O)CC1)c1cc(C(F)(F)F)cc(C(F)(F)F)c1. The molecule has 2 aromatic heterocycles. The van der Waals surface area contributed by atoms with E-state index in [9.17, 15) is 67.5 Å². The smallest absolute Gasteiger partial charge is 0.373 e. The molecular weight excluding hydrogens is 1060 g/mol. The summed E-state index contributed by atoms with van der Waals surface area (Å²) < 4.78 is 176. The number of hydrogen-bond donors (Lipinski definition) is 2. The zero-order valence-electron chi connectivity index (χ0n) is 42.2. The molecule has 2 N–H and O–H groups in total. The summed E-state index contributed by atoms with van der Waals surface area (Å²) in [6.45, 7) is 6.79. The Kier molecular flexibility index (Phi) is 18.5. The zero-order chi connectivity index (χ0) is 57.0. The van der Waals surface area contributed by atoms with Crippen molar-refractivity contribution in [2.24, 2.45) is 0 Å². The van der Waals surface area contributed by atoms with Crippen molar-refractivity contribution in [3.8, 4) is 6.07 Å². The molecule has 0 saturated heterocycles. The topological polar surface area (TPSA) is 144 Å². The van der Waals surface area contributed by atoms with Crippen LogP contribution >= 0.6 is 0 Å². The average molecular weight is 1120 g/mol. The van der Waals surface area contributed by atoms with E-state index >= 15 is 0 Å². The minimum atomic E-state index is -4.96. The van der Waals surface area contributed by atoms with Crippen LogP contribution < -0.4 is 11.4 Å². The highest BCUT2D eigenvalue weighted by Crippen LogP contribution is 2.50. The summed E-state index contributed by atoms with van der Waals surface area (Å²) in [4.78, 5) is 24.8. The maximum Gasteiger partial charge on any atom is 0.416 e. The van der Waals surface area contributed by atoms with Crippen molar-refractivity contribution >= 4 is 0 Å². The molecule has 426 valence electrons. The van der Waals surface area contributed by atoms with Gasteiger partial charge in [-0.05, 0) is 130 Å². The number of ether oxygens (including phenoxy) is 2. The van der Waals surface area contributed by atoms with Gasteiger partial charge in [0, 0.05) is 10.8 Å². The molecule has 0 unspecified atom stereocenters. The minimum Gasteiger partial charge on any atom is -0.373 e. The Labute approximate surface area is 447 Å². The summed E-state index contributed by atoms with van der Waals surface area (Å²) >= 11 is 0. The first-order valence-corrected chi connectivity index (χ1v) is 24.8. The molecule has 0 aliphatic heterocycles. The molecule has 2 atom stereocenters. The van der Waals surface area contributed by atoms with Gasteiger partial charge in [0.2, 0.25) is 0 Å². The number of nitrogens with one attached hydrogen (secondary N) is 2. The predicted molar refractivity (Wildman–Crippen MR) is 268 cm³/mol. The van der Waals surface area contributed by atoms with E-state index in [0.717, 1.165) is 11.1 Å². The van der Waals surface area contributed by atoms with Gasteiger partial charge in [0.1, 0.15) is 12.7 Å². The summed E-state index contributed by atoms with van der Waals surface area (Å²) in [5, 5.41) is 21.9. The lowest BCUT2D eigenvalue weighted by atomic mass is 9.63. The van der Waals surface area contributed by atoms with E-state index in [1.807, 2.05) is 60.7 Å². The maximum absolute atomic E-state index is 13.4. The Balaban J connectivity index is 0.000000252. The van der Waals surface area contributed by atoms with Crippen molar-refractivity contribution in [1.82, 2.24) is 29.5 Å². The summed E-state index contributed by atoms with van der Waals surface area (Å²) in [6.07, 6.45) is -12.8. The van der Waals surface area contributed by atoms with E-state index in [-0.39, 0.29) is 56.0 Å². The standard InChI is InChI=1S/C28H29F6N3O2.C27H26F6N4O2.CH4/c1-3-9-26(37-18-35-36-24(37)38)12-10-25(11-13-26,21-7-5-4-6-8-21)17-39-19(2)20-14-22(27(29,30)31)16-23(15-20)28(32,33)34;1-18(19-13-21(26(28,29)30)15-22(14-19)27(31,32)33)39-16-24(20-5-3-2-4-6-20)7-9-25(10-8-24,11-12-34)37-17-35-36-23(37)38;/h3-8,14-16,18-19H,1,9-13,17H2,2H3,(H,36,38);2-6,13-15,17-18H,7-11,16H2,1H3,(H,36,38);1H4/t19-,25?,26?;18-,24?,25?;/m11./s1. The van der Waals surface area contributed by atoms with E-state index in [2.05, 4.69) is 33.0 Å². The number of hydrogen-bond acceptors (Lipinski definition) is 7. The predicted octanol–water partition coefficient (Wildman–Crippen LogP) is 14.3. The second-order valence-electron chi connectivity index (χ2n) is 20.2. The van der Waals surface area contributed by atoms with Crippen LogP contribution in [-0.2, 0) is 56.1 Å². The Bertz CT molecular complexity index is 3070. The lowest BCUT2D eigenvalue weighted by Crippen LogP contribution is -2.48. The molecule has 79 heavy (non-hydrogen) atoms. The van der Waals surface area contributed by atoms with Gasteiger partial charge in [0.15, 0.2) is 0 Å². The highest BCUT2D eigenvalue weighted by Gasteiger charge is 2.48. The van der Waals surface area contributed by atoms with Crippen LogP contribution in [0.2, 0.25) is 0 Å². The molecule has 2 aliphatic rings. The van der Waals surface area contributed by atoms with Crippen LogP contribution in [0.4, 0.5) is 52.7 Å². The van der Waals surface area contributed by atoms with Gasteiger partial charge in [0.25, 0.3) is 0 Å². The monoisotopic (exact) mass is 1120 g/mol. The van der Waals surface area contributed by atoms with E-state index in [1.165, 1.54) is 31.1 Å². The number of nitrogens with zero attached hydrogens (tertiary/aromatic N) is 5. The van der Waals surface area contributed by atoms with Gasteiger partial charge in [-0.15, -0.1) is 6.58 Å². The largest absolute Gasteiger partial charge is 0.416 e. The maximum atomic E-state index is 13.4. The first-order chi connectivity index (χ1) is 36.6. The Morgan fingerprint density at radius 3 is 1.20 bits per heavy atom. The van der Waals surface area contributed by atoms with Crippen LogP contribution in [0.5, 0.6) is 0 Å². The summed E-state index contributed by atoms with van der Waals surface area (Å²) in [5.41, 5.74) is -7.49. The van der Waals surface area contributed by atoms with Gasteiger partial charge in [-0.1, -0.05) is 74.2 Å². The first kappa shape index (κ1) is 61.3. The summed E-state index contributed by atoms with van der Waals surface area (Å²) in [5.74, 6) is 0. The van der Waals surface area contributed by atoms with E-state index in [0.29, 0.717) is 82.1 Å². The molecule has 4 aromatic carbocycles. The van der Waals surface area contributed by atoms with Gasteiger partial charge in [0.05, 0.1) is 71.2 Å². The summed E-state index contributed by atoms with van der Waals surface area (Å²) in [7, 11) is 0. The van der Waals surface area contributed by atoms with Gasteiger partial charge in [-0.25, -0.2) is 19.8 Å². The molecule has 0 bridgehead atoms. The van der Waals surface area contributed by atoms with Crippen LogP contribution in [0.15, 0.2) is 132 Å². The van der Waals surface area contributed by atoms with Crippen LogP contribution in [0.3, 0.4) is 0 Å². The quantitative estimate of drug-likeness (QED) is 0.0770. The third kappa shape index (κ3) is 13.7. The van der Waals surface area contributed by atoms with Crippen LogP contribution in [0.25, 0.3) is 0 Å². The Morgan fingerprint density at radius 2 is 0.911 bits per heavy atom. The number of H-pyrrole nitrogens is 2. The van der Waals surface area contributed by atoms with E-state index in [1.54, 1.807) is 10.6 Å². The molecule has 11 nitrogen and oxygen atoms in total. The molecule has 8 rings (SSSR count). The van der Waals surface area contributed by atoms with Crippen LogP contribution in [-0.4, -0.2) is 42.7 Å². The number of benzene rings is 4. The molecule has 0 amide bonds. The third-order valence-electron chi connectivity index (χ3n) is 15.5. The van der Waals surface area contributed by atoms with E-state index in [4.69, 9.17) is 9.47 Å². The van der Waals surface area contributed by atoms with Gasteiger partial charge >= 0.3 is 36.1 Å². The minimum absolute atomic E-state index is 0. The van der Waals surface area contributed by atoms with Crippen molar-refractivity contribution in [2.45, 2.75) is 144 Å². The number of aromatic amines is 2. The van der Waals surface area contributed by atoms with Crippen molar-refractivity contribution < 1.29 is 62.2 Å². The summed E-state index contributed by atoms with van der Waals surface area (Å²) in [6, 6.07) is 23.9. The highest BCUT2D eigenvalue weighted by molar-refractivity contribution is 5.37. The number of allylic oxidation sites excluding steroid dienone is 1. The van der Waals surface area contributed by atoms with Crippen molar-refractivity contribution in [3.05, 3.63) is 188 Å². The van der Waals surface area contributed by atoms with Crippen molar-refractivity contribution in [3.63, 3.8) is 0 Å². The molecule has 6 aromatic rings. The second-order valence-corrected chi connectivity index (χ2v) is 20.2. The molecule has 2 heterocycles. The molecular formula is C56H59F12N7O4. The fourth-order valence-corrected chi connectivity index (χ4v) is 10.8. The van der Waals surface area contributed by atoms with E-state index < -0.39 is 86.8 Å². The lowest BCUT2D eigenvalue weighted by Gasteiger charge is -2.47. The fraction of sp³-hybridized carbons (Fsp3) is 0.446. The number of nitriles is 1. The molecule has 2 saturated carbocycles. The Morgan fingerprint density at radius 1 is 0.582 bits per heavy atom. The normalized spacial score (nSPS) is 22.6. The number of halogens is 12. The van der Waals surface area contributed by atoms with Crippen molar-refractivity contribution in [2.75, 3.05) is 13.2 Å². The number of aromatic nitrogens is 6. The zero-order valence-corrected chi connectivity index (χ0v) is 42.2. The van der Waals surface area contributed by atoms with Gasteiger partial charge < -0.3 is 9.47 Å². The van der Waals surface area contributed by atoms with Gasteiger partial charge in [-0.3, -0.25) is 9.13 Å². The van der Waals surface area contributed by atoms with Crippen LogP contribution in [0.1, 0.15) is 142 Å².